The van der Waals surface area contributed by atoms with Crippen molar-refractivity contribution in [2.45, 2.75) is 18.2 Å². The van der Waals surface area contributed by atoms with E-state index < -0.39 is 0 Å². The molecule has 0 radical (unpaired) electrons. The smallest absolute Gasteiger partial charge is 0.224 e. The fraction of sp³-hybridized carbons (Fsp3) is 0.188. The maximum absolute atomic E-state index is 11.4. The van der Waals surface area contributed by atoms with E-state index in [1.165, 1.54) is 0 Å². The topological polar surface area (TPSA) is 29.1 Å². The van der Waals surface area contributed by atoms with E-state index in [2.05, 4.69) is 27.3 Å². The molecule has 3 rings (SSSR count). The zero-order valence-electron chi connectivity index (χ0n) is 11.0. The third-order valence-corrected chi connectivity index (χ3v) is 5.29. The Labute approximate surface area is 141 Å². The van der Waals surface area contributed by atoms with E-state index in [4.69, 9.17) is 23.2 Å². The van der Waals surface area contributed by atoms with Crippen LogP contribution >= 0.6 is 39.1 Å². The molecule has 5 heteroatoms. The van der Waals surface area contributed by atoms with Crippen LogP contribution in [0.4, 0.5) is 5.69 Å². The summed E-state index contributed by atoms with van der Waals surface area (Å²) >= 11 is 16.1. The molecule has 1 heterocycles. The van der Waals surface area contributed by atoms with E-state index in [1.54, 1.807) is 0 Å². The highest BCUT2D eigenvalue weighted by molar-refractivity contribution is 9.10. The van der Waals surface area contributed by atoms with Crippen molar-refractivity contribution in [2.24, 2.45) is 0 Å². The van der Waals surface area contributed by atoms with Crippen molar-refractivity contribution >= 4 is 50.7 Å². The summed E-state index contributed by atoms with van der Waals surface area (Å²) in [5.74, 6) is 0.0670. The van der Waals surface area contributed by atoms with Gasteiger partial charge in [0.2, 0.25) is 5.91 Å². The standard InChI is InChI=1S/C16H12BrCl2NO/c17-12-4-1-11(8-13(12)18)16(19)10-2-5-14-9(7-10)3-6-15(21)20-14/h1-2,4-5,7-8,16H,3,6H2,(H,20,21). The molecule has 1 atom stereocenters. The molecule has 0 aliphatic carbocycles. The van der Waals surface area contributed by atoms with Crippen molar-refractivity contribution in [1.29, 1.82) is 0 Å². The summed E-state index contributed by atoms with van der Waals surface area (Å²) in [4.78, 5) is 11.4. The fourth-order valence-corrected chi connectivity index (χ4v) is 3.13. The first-order valence-electron chi connectivity index (χ1n) is 6.56. The monoisotopic (exact) mass is 383 g/mol. The Bertz CT molecular complexity index is 717. The lowest BCUT2D eigenvalue weighted by Crippen LogP contribution is -2.19. The van der Waals surface area contributed by atoms with Gasteiger partial charge in [0.15, 0.2) is 0 Å². The molecule has 1 unspecified atom stereocenters. The van der Waals surface area contributed by atoms with Crippen molar-refractivity contribution in [2.75, 3.05) is 5.32 Å². The van der Waals surface area contributed by atoms with Crippen LogP contribution in [0.2, 0.25) is 5.02 Å². The zero-order chi connectivity index (χ0) is 15.0. The normalized spacial score (nSPS) is 15.3. The van der Waals surface area contributed by atoms with Crippen LogP contribution in [0.1, 0.15) is 28.5 Å². The number of carbonyl (C=O) groups excluding carboxylic acids is 1. The van der Waals surface area contributed by atoms with Crippen LogP contribution in [0.15, 0.2) is 40.9 Å². The van der Waals surface area contributed by atoms with Crippen LogP contribution in [-0.4, -0.2) is 5.91 Å². The minimum atomic E-state index is -0.265. The number of fused-ring (bicyclic) bond motifs is 1. The van der Waals surface area contributed by atoms with Crippen LogP contribution in [0.5, 0.6) is 0 Å². The molecule has 108 valence electrons. The quantitative estimate of drug-likeness (QED) is 0.698. The first-order valence-corrected chi connectivity index (χ1v) is 8.17. The lowest BCUT2D eigenvalue weighted by Gasteiger charge is -2.19. The summed E-state index contributed by atoms with van der Waals surface area (Å²) in [6.07, 6.45) is 1.27. The average Bonchev–Trinajstić information content (AvgIpc) is 2.49. The van der Waals surface area contributed by atoms with E-state index in [-0.39, 0.29) is 11.3 Å². The van der Waals surface area contributed by atoms with Gasteiger partial charge in [-0.3, -0.25) is 4.79 Å². The Morgan fingerprint density at radius 3 is 2.57 bits per heavy atom. The summed E-state index contributed by atoms with van der Waals surface area (Å²) < 4.78 is 0.852. The van der Waals surface area contributed by atoms with E-state index in [0.717, 1.165) is 33.3 Å². The lowest BCUT2D eigenvalue weighted by atomic mass is 9.97. The molecule has 0 saturated heterocycles. The summed E-state index contributed by atoms with van der Waals surface area (Å²) in [6.45, 7) is 0. The maximum atomic E-state index is 11.4. The molecule has 1 amide bonds. The molecule has 0 fully saturated rings. The summed E-state index contributed by atoms with van der Waals surface area (Å²) in [5, 5.41) is 3.25. The highest BCUT2D eigenvalue weighted by Gasteiger charge is 2.18. The molecule has 1 N–H and O–H groups in total. The van der Waals surface area contributed by atoms with E-state index in [9.17, 15) is 4.79 Å². The molecule has 0 aromatic heterocycles. The van der Waals surface area contributed by atoms with Crippen molar-refractivity contribution < 1.29 is 4.79 Å². The van der Waals surface area contributed by atoms with Gasteiger partial charge in [0, 0.05) is 16.6 Å². The largest absolute Gasteiger partial charge is 0.326 e. The van der Waals surface area contributed by atoms with Gasteiger partial charge in [0.25, 0.3) is 0 Å². The summed E-state index contributed by atoms with van der Waals surface area (Å²) in [5.41, 5.74) is 3.96. The van der Waals surface area contributed by atoms with Crippen molar-refractivity contribution in [3.05, 3.63) is 62.6 Å². The molecule has 21 heavy (non-hydrogen) atoms. The number of aryl methyl sites for hydroxylation is 1. The Kier molecular flexibility index (Phi) is 4.25. The number of halogens is 3. The van der Waals surface area contributed by atoms with Crippen LogP contribution in [0.3, 0.4) is 0 Å². The molecular formula is C16H12BrCl2NO. The fourth-order valence-electron chi connectivity index (χ4n) is 2.42. The number of anilines is 1. The van der Waals surface area contributed by atoms with E-state index >= 15 is 0 Å². The number of hydrogen-bond acceptors (Lipinski definition) is 1. The Morgan fingerprint density at radius 1 is 1.10 bits per heavy atom. The predicted octanol–water partition coefficient (Wildman–Crippen LogP) is 5.32. The Hall–Kier alpha value is -1.03. The van der Waals surface area contributed by atoms with E-state index in [0.29, 0.717) is 11.4 Å². The highest BCUT2D eigenvalue weighted by atomic mass is 79.9. The first-order chi connectivity index (χ1) is 10.0. The van der Waals surface area contributed by atoms with Gasteiger partial charge in [0.1, 0.15) is 0 Å². The second kappa shape index (κ2) is 5.99. The van der Waals surface area contributed by atoms with Gasteiger partial charge in [0.05, 0.1) is 10.4 Å². The zero-order valence-corrected chi connectivity index (χ0v) is 14.1. The molecule has 2 nitrogen and oxygen atoms in total. The molecule has 0 saturated carbocycles. The maximum Gasteiger partial charge on any atom is 0.224 e. The SMILES string of the molecule is O=C1CCc2cc(C(Cl)c3ccc(Br)c(Cl)c3)ccc2N1. The van der Waals surface area contributed by atoms with Gasteiger partial charge in [-0.25, -0.2) is 0 Å². The van der Waals surface area contributed by atoms with Gasteiger partial charge in [-0.2, -0.15) is 0 Å². The van der Waals surface area contributed by atoms with Crippen molar-refractivity contribution in [1.82, 2.24) is 0 Å². The molecule has 1 aliphatic rings. The van der Waals surface area contributed by atoms with Crippen molar-refractivity contribution in [3.8, 4) is 0 Å². The number of carbonyl (C=O) groups is 1. The average molecular weight is 385 g/mol. The van der Waals surface area contributed by atoms with Crippen LogP contribution in [0.25, 0.3) is 0 Å². The molecular weight excluding hydrogens is 373 g/mol. The molecule has 0 spiro atoms. The van der Waals surface area contributed by atoms with Gasteiger partial charge < -0.3 is 5.32 Å². The third kappa shape index (κ3) is 3.10. The number of alkyl halides is 1. The number of hydrogen-bond donors (Lipinski definition) is 1. The first kappa shape index (κ1) is 14.9. The number of nitrogens with one attached hydrogen (secondary N) is 1. The summed E-state index contributed by atoms with van der Waals surface area (Å²) in [6, 6.07) is 11.6. The van der Waals surface area contributed by atoms with Crippen LogP contribution < -0.4 is 5.32 Å². The van der Waals surface area contributed by atoms with Gasteiger partial charge in [-0.15, -0.1) is 11.6 Å². The van der Waals surface area contributed by atoms with Gasteiger partial charge in [-0.1, -0.05) is 29.8 Å². The minimum Gasteiger partial charge on any atom is -0.326 e. The summed E-state index contributed by atoms with van der Waals surface area (Å²) in [7, 11) is 0. The van der Waals surface area contributed by atoms with Gasteiger partial charge >= 0.3 is 0 Å². The number of amides is 1. The minimum absolute atomic E-state index is 0.0670. The number of benzene rings is 2. The van der Waals surface area contributed by atoms with Crippen LogP contribution in [-0.2, 0) is 11.2 Å². The number of rotatable bonds is 2. The Balaban J connectivity index is 1.93. The Morgan fingerprint density at radius 2 is 1.81 bits per heavy atom. The molecule has 2 aromatic carbocycles. The van der Waals surface area contributed by atoms with E-state index in [1.807, 2.05) is 30.3 Å². The van der Waals surface area contributed by atoms with Crippen molar-refractivity contribution in [3.63, 3.8) is 0 Å². The predicted molar refractivity (Wildman–Crippen MR) is 90.2 cm³/mol. The third-order valence-electron chi connectivity index (χ3n) is 3.55. The molecule has 2 aromatic rings. The second-order valence-electron chi connectivity index (χ2n) is 5.00. The molecule has 0 bridgehead atoms. The van der Waals surface area contributed by atoms with Gasteiger partial charge in [-0.05, 0) is 57.2 Å². The molecule has 1 aliphatic heterocycles. The second-order valence-corrected chi connectivity index (χ2v) is 6.70. The highest BCUT2D eigenvalue weighted by Crippen LogP contribution is 2.35. The lowest BCUT2D eigenvalue weighted by molar-refractivity contribution is -0.116. The van der Waals surface area contributed by atoms with Crippen LogP contribution in [0, 0.1) is 0 Å².